The van der Waals surface area contributed by atoms with Gasteiger partial charge < -0.3 is 9.88 Å². The Bertz CT molecular complexity index is 623. The number of amides is 1. The first-order chi connectivity index (χ1) is 9.15. The second-order valence-electron chi connectivity index (χ2n) is 4.08. The fourth-order valence-corrected chi connectivity index (χ4v) is 1.81. The smallest absolute Gasteiger partial charge is 0.251 e. The molecular weight excluding hydrogens is 264 g/mol. The third-order valence-electron chi connectivity index (χ3n) is 2.59. The number of aromatic nitrogens is 1. The third-order valence-corrected chi connectivity index (χ3v) is 2.82. The summed E-state index contributed by atoms with van der Waals surface area (Å²) in [6, 6.07) is 12.4. The van der Waals surface area contributed by atoms with Crippen molar-refractivity contribution in [3.05, 3.63) is 69.6 Å². The lowest BCUT2D eigenvalue weighted by molar-refractivity contribution is -0.121. The third kappa shape index (κ3) is 3.96. The molecule has 1 aromatic heterocycles. The number of carbonyl (C=O) groups is 1. The molecule has 0 saturated heterocycles. The number of nitrogens with one attached hydrogen (secondary N) is 1. The van der Waals surface area contributed by atoms with Gasteiger partial charge in [-0.1, -0.05) is 41.9 Å². The molecule has 0 unspecified atom stereocenters. The van der Waals surface area contributed by atoms with E-state index in [-0.39, 0.29) is 18.0 Å². The van der Waals surface area contributed by atoms with Crippen LogP contribution in [-0.2, 0) is 17.9 Å². The van der Waals surface area contributed by atoms with Crippen molar-refractivity contribution >= 4 is 17.5 Å². The standard InChI is InChI=1S/C14H13ClN2O2/c15-12-6-7-14(19)17(9-12)10-13(18)16-8-11-4-2-1-3-5-11/h1-7,9H,8,10H2,(H,16,18). The minimum Gasteiger partial charge on any atom is -0.350 e. The van der Waals surface area contributed by atoms with E-state index in [4.69, 9.17) is 11.6 Å². The molecule has 2 rings (SSSR count). The fraction of sp³-hybridized carbons (Fsp3) is 0.143. The van der Waals surface area contributed by atoms with E-state index in [1.54, 1.807) is 0 Å². The van der Waals surface area contributed by atoms with Crippen molar-refractivity contribution in [1.82, 2.24) is 9.88 Å². The van der Waals surface area contributed by atoms with Gasteiger partial charge in [-0.15, -0.1) is 0 Å². The van der Waals surface area contributed by atoms with E-state index >= 15 is 0 Å². The van der Waals surface area contributed by atoms with E-state index in [0.717, 1.165) is 5.56 Å². The topological polar surface area (TPSA) is 51.1 Å². The quantitative estimate of drug-likeness (QED) is 0.926. The van der Waals surface area contributed by atoms with Crippen LogP contribution < -0.4 is 10.9 Å². The number of benzene rings is 1. The summed E-state index contributed by atoms with van der Waals surface area (Å²) in [5.41, 5.74) is 0.758. The molecule has 1 N–H and O–H groups in total. The van der Waals surface area contributed by atoms with Gasteiger partial charge in [-0.3, -0.25) is 9.59 Å². The molecule has 0 bridgehead atoms. The summed E-state index contributed by atoms with van der Waals surface area (Å²) in [6.07, 6.45) is 1.45. The van der Waals surface area contributed by atoms with Crippen LogP contribution in [0.4, 0.5) is 0 Å². The number of carbonyl (C=O) groups excluding carboxylic acids is 1. The lowest BCUT2D eigenvalue weighted by atomic mass is 10.2. The van der Waals surface area contributed by atoms with Crippen molar-refractivity contribution in [2.75, 3.05) is 0 Å². The molecule has 0 aliphatic heterocycles. The molecule has 0 saturated carbocycles. The summed E-state index contributed by atoms with van der Waals surface area (Å²) in [4.78, 5) is 23.2. The molecule has 4 nitrogen and oxygen atoms in total. The van der Waals surface area contributed by atoms with E-state index in [2.05, 4.69) is 5.32 Å². The highest BCUT2D eigenvalue weighted by atomic mass is 35.5. The molecular formula is C14H13ClN2O2. The molecule has 2 aromatic rings. The van der Waals surface area contributed by atoms with Crippen LogP contribution in [0.15, 0.2) is 53.5 Å². The summed E-state index contributed by atoms with van der Waals surface area (Å²) >= 11 is 5.78. The zero-order valence-electron chi connectivity index (χ0n) is 10.2. The summed E-state index contributed by atoms with van der Waals surface area (Å²) in [7, 11) is 0. The van der Waals surface area contributed by atoms with E-state index in [9.17, 15) is 9.59 Å². The average molecular weight is 277 g/mol. The van der Waals surface area contributed by atoms with Gasteiger partial charge in [0.1, 0.15) is 6.54 Å². The van der Waals surface area contributed by atoms with Crippen molar-refractivity contribution in [3.8, 4) is 0 Å². The summed E-state index contributed by atoms with van der Waals surface area (Å²) < 4.78 is 1.28. The van der Waals surface area contributed by atoms with E-state index < -0.39 is 0 Å². The molecule has 0 radical (unpaired) electrons. The van der Waals surface area contributed by atoms with Gasteiger partial charge in [-0.25, -0.2) is 0 Å². The first-order valence-electron chi connectivity index (χ1n) is 5.82. The van der Waals surface area contributed by atoms with Crippen molar-refractivity contribution in [1.29, 1.82) is 0 Å². The average Bonchev–Trinajstić information content (AvgIpc) is 2.42. The molecule has 19 heavy (non-hydrogen) atoms. The molecule has 0 aliphatic carbocycles. The molecule has 0 atom stereocenters. The van der Waals surface area contributed by atoms with Gasteiger partial charge in [-0.2, -0.15) is 0 Å². The van der Waals surface area contributed by atoms with Gasteiger partial charge in [-0.05, 0) is 11.6 Å². The monoisotopic (exact) mass is 276 g/mol. The van der Waals surface area contributed by atoms with E-state index in [1.807, 2.05) is 30.3 Å². The minimum atomic E-state index is -0.251. The zero-order valence-corrected chi connectivity index (χ0v) is 10.9. The number of hydrogen-bond donors (Lipinski definition) is 1. The van der Waals surface area contributed by atoms with Gasteiger partial charge in [0.15, 0.2) is 0 Å². The number of rotatable bonds is 4. The molecule has 0 fully saturated rings. The van der Waals surface area contributed by atoms with Crippen molar-refractivity contribution in [2.45, 2.75) is 13.1 Å². The summed E-state index contributed by atoms with van der Waals surface area (Å²) in [5, 5.41) is 3.18. The second-order valence-corrected chi connectivity index (χ2v) is 4.51. The highest BCUT2D eigenvalue weighted by molar-refractivity contribution is 6.30. The maximum absolute atomic E-state index is 11.7. The largest absolute Gasteiger partial charge is 0.350 e. The van der Waals surface area contributed by atoms with Gasteiger partial charge in [0.2, 0.25) is 5.91 Å². The Labute approximate surface area is 115 Å². The molecule has 0 spiro atoms. The Morgan fingerprint density at radius 2 is 1.89 bits per heavy atom. The highest BCUT2D eigenvalue weighted by Gasteiger charge is 2.04. The Kier molecular flexibility index (Phi) is 4.36. The first-order valence-corrected chi connectivity index (χ1v) is 6.19. The van der Waals surface area contributed by atoms with Crippen LogP contribution in [0.25, 0.3) is 0 Å². The zero-order chi connectivity index (χ0) is 13.7. The van der Waals surface area contributed by atoms with Crippen LogP contribution >= 0.6 is 11.6 Å². The predicted octanol–water partition coefficient (Wildman–Crippen LogP) is 1.82. The Balaban J connectivity index is 1.95. The van der Waals surface area contributed by atoms with Gasteiger partial charge in [0.25, 0.3) is 5.56 Å². The van der Waals surface area contributed by atoms with E-state index in [1.165, 1.54) is 22.9 Å². The highest BCUT2D eigenvalue weighted by Crippen LogP contribution is 2.03. The lowest BCUT2D eigenvalue weighted by Crippen LogP contribution is -2.31. The van der Waals surface area contributed by atoms with Crippen LogP contribution in [-0.4, -0.2) is 10.5 Å². The van der Waals surface area contributed by atoms with Gasteiger partial charge >= 0.3 is 0 Å². The first kappa shape index (κ1) is 13.4. The SMILES string of the molecule is O=C(Cn1cc(Cl)ccc1=O)NCc1ccccc1. The number of pyridine rings is 1. The van der Waals surface area contributed by atoms with Crippen molar-refractivity contribution in [2.24, 2.45) is 0 Å². The number of nitrogens with zero attached hydrogens (tertiary/aromatic N) is 1. The molecule has 98 valence electrons. The van der Waals surface area contributed by atoms with Crippen LogP contribution in [0.5, 0.6) is 0 Å². The summed E-state index contributed by atoms with van der Waals surface area (Å²) in [6.45, 7) is 0.404. The van der Waals surface area contributed by atoms with Crippen LogP contribution in [0.1, 0.15) is 5.56 Å². The normalized spacial score (nSPS) is 10.2. The van der Waals surface area contributed by atoms with Crippen LogP contribution in [0, 0.1) is 0 Å². The fourth-order valence-electron chi connectivity index (χ4n) is 1.63. The molecule has 1 aromatic carbocycles. The number of halogens is 1. The lowest BCUT2D eigenvalue weighted by Gasteiger charge is -2.07. The maximum atomic E-state index is 11.7. The Morgan fingerprint density at radius 3 is 2.63 bits per heavy atom. The molecule has 5 heteroatoms. The minimum absolute atomic E-state index is 0.0355. The van der Waals surface area contributed by atoms with Crippen molar-refractivity contribution < 1.29 is 4.79 Å². The second kappa shape index (κ2) is 6.20. The van der Waals surface area contributed by atoms with Crippen LogP contribution in [0.3, 0.4) is 0 Å². The van der Waals surface area contributed by atoms with Gasteiger partial charge in [0.05, 0.1) is 5.02 Å². The molecule has 1 amide bonds. The number of hydrogen-bond acceptors (Lipinski definition) is 2. The van der Waals surface area contributed by atoms with E-state index in [0.29, 0.717) is 11.6 Å². The van der Waals surface area contributed by atoms with Crippen LogP contribution in [0.2, 0.25) is 5.02 Å². The Morgan fingerprint density at radius 1 is 1.16 bits per heavy atom. The summed E-state index contributed by atoms with van der Waals surface area (Å²) in [5.74, 6) is -0.229. The molecule has 1 heterocycles. The predicted molar refractivity (Wildman–Crippen MR) is 74.0 cm³/mol. The van der Waals surface area contributed by atoms with Crippen molar-refractivity contribution in [3.63, 3.8) is 0 Å². The maximum Gasteiger partial charge on any atom is 0.251 e. The molecule has 0 aliphatic rings. The van der Waals surface area contributed by atoms with Gasteiger partial charge in [0, 0.05) is 18.8 Å². The Hall–Kier alpha value is -2.07.